The second-order valence-corrected chi connectivity index (χ2v) is 6.00. The van der Waals surface area contributed by atoms with E-state index in [-0.39, 0.29) is 0 Å². The lowest BCUT2D eigenvalue weighted by Crippen LogP contribution is -2.39. The van der Waals surface area contributed by atoms with Crippen LogP contribution in [0.25, 0.3) is 0 Å². The monoisotopic (exact) mass is 231 g/mol. The third-order valence-corrected chi connectivity index (χ3v) is 4.13. The summed E-state index contributed by atoms with van der Waals surface area (Å²) >= 11 is 0. The number of rotatable bonds is 2. The Labute approximate surface area is 106 Å². The highest BCUT2D eigenvalue weighted by Crippen LogP contribution is 2.34. The summed E-state index contributed by atoms with van der Waals surface area (Å²) in [5.74, 6) is 1.41. The van der Waals surface area contributed by atoms with Crippen molar-refractivity contribution < 1.29 is 0 Å². The van der Waals surface area contributed by atoms with Crippen LogP contribution in [0.4, 0.5) is 0 Å². The molecule has 0 bridgehead atoms. The van der Waals surface area contributed by atoms with Gasteiger partial charge in [-0.3, -0.25) is 0 Å². The van der Waals surface area contributed by atoms with Gasteiger partial charge >= 0.3 is 0 Å². The highest BCUT2D eigenvalue weighted by molar-refractivity contribution is 5.44. The van der Waals surface area contributed by atoms with Crippen LogP contribution in [0.1, 0.15) is 55.4 Å². The minimum Gasteiger partial charge on any atom is -0.309 e. The lowest BCUT2D eigenvalue weighted by Gasteiger charge is -2.35. The van der Waals surface area contributed by atoms with Gasteiger partial charge in [-0.25, -0.2) is 0 Å². The van der Waals surface area contributed by atoms with Crippen molar-refractivity contribution in [2.75, 3.05) is 0 Å². The predicted molar refractivity (Wildman–Crippen MR) is 74.4 cm³/mol. The maximum Gasteiger partial charge on any atom is 0.0213 e. The molecule has 2 unspecified atom stereocenters. The lowest BCUT2D eigenvalue weighted by molar-refractivity contribution is 0.354. The van der Waals surface area contributed by atoms with Crippen molar-refractivity contribution in [2.24, 2.45) is 5.92 Å². The third-order valence-electron chi connectivity index (χ3n) is 4.13. The van der Waals surface area contributed by atoms with Crippen molar-refractivity contribution in [3.8, 4) is 0 Å². The molecule has 0 spiro atoms. The van der Waals surface area contributed by atoms with E-state index in [4.69, 9.17) is 0 Å². The van der Waals surface area contributed by atoms with Gasteiger partial charge in [-0.1, -0.05) is 32.9 Å². The highest BCUT2D eigenvalue weighted by atomic mass is 14.9. The molecule has 0 saturated carbocycles. The minimum atomic E-state index is 0.640. The topological polar surface area (TPSA) is 12.0 Å². The Hall–Kier alpha value is -0.820. The van der Waals surface area contributed by atoms with Gasteiger partial charge in [0.15, 0.2) is 0 Å². The first-order valence-electron chi connectivity index (χ1n) is 6.83. The number of aryl methyl sites for hydroxylation is 2. The molecule has 1 aliphatic heterocycles. The molecule has 1 N–H and O–H groups in total. The number of hydrogen-bond acceptors (Lipinski definition) is 1. The van der Waals surface area contributed by atoms with Gasteiger partial charge in [0.25, 0.3) is 0 Å². The van der Waals surface area contributed by atoms with E-state index in [0.717, 1.165) is 12.5 Å². The second kappa shape index (κ2) is 4.81. The predicted octanol–water partition coefficient (Wildman–Crippen LogP) is 3.92. The van der Waals surface area contributed by atoms with Crippen LogP contribution in [0.15, 0.2) is 12.1 Å². The lowest BCUT2D eigenvalue weighted by atomic mass is 9.79. The minimum absolute atomic E-state index is 0.640. The number of fused-ring (bicyclic) bond motifs is 1. The van der Waals surface area contributed by atoms with Crippen molar-refractivity contribution in [2.45, 2.75) is 59.5 Å². The fraction of sp³-hybridized carbons (Fsp3) is 0.625. The van der Waals surface area contributed by atoms with Crippen molar-refractivity contribution in [3.05, 3.63) is 34.4 Å². The summed E-state index contributed by atoms with van der Waals surface area (Å²) in [6.45, 7) is 12.5. The second-order valence-electron chi connectivity index (χ2n) is 6.00. The van der Waals surface area contributed by atoms with Crippen LogP contribution in [0.5, 0.6) is 0 Å². The maximum atomic E-state index is 3.72. The molecular formula is C16H25N. The third kappa shape index (κ3) is 2.40. The zero-order chi connectivity index (χ0) is 12.6. The van der Waals surface area contributed by atoms with Gasteiger partial charge in [0.05, 0.1) is 0 Å². The van der Waals surface area contributed by atoms with E-state index in [1.807, 2.05) is 0 Å². The molecule has 0 aromatic heterocycles. The van der Waals surface area contributed by atoms with Crippen LogP contribution in [0.3, 0.4) is 0 Å². The number of benzene rings is 1. The summed E-state index contributed by atoms with van der Waals surface area (Å²) in [6, 6.07) is 5.18. The van der Waals surface area contributed by atoms with Crippen LogP contribution in [0, 0.1) is 19.8 Å². The number of hydrogen-bond donors (Lipinski definition) is 1. The van der Waals surface area contributed by atoms with E-state index in [9.17, 15) is 0 Å². The summed E-state index contributed by atoms with van der Waals surface area (Å²) < 4.78 is 0. The van der Waals surface area contributed by atoms with Crippen LogP contribution in [-0.4, -0.2) is 6.04 Å². The van der Waals surface area contributed by atoms with Gasteiger partial charge < -0.3 is 5.32 Å². The molecule has 1 heterocycles. The molecular weight excluding hydrogens is 206 g/mol. The van der Waals surface area contributed by atoms with Gasteiger partial charge in [-0.15, -0.1) is 0 Å². The van der Waals surface area contributed by atoms with E-state index in [0.29, 0.717) is 12.0 Å². The Morgan fingerprint density at radius 3 is 2.53 bits per heavy atom. The van der Waals surface area contributed by atoms with E-state index in [1.165, 1.54) is 23.1 Å². The van der Waals surface area contributed by atoms with E-state index in [2.05, 4.69) is 52.1 Å². The van der Waals surface area contributed by atoms with Crippen LogP contribution in [0.2, 0.25) is 0 Å². The Morgan fingerprint density at radius 2 is 1.88 bits per heavy atom. The molecule has 2 atom stereocenters. The molecule has 0 radical (unpaired) electrons. The van der Waals surface area contributed by atoms with Gasteiger partial charge in [-0.2, -0.15) is 0 Å². The molecule has 0 fully saturated rings. The quantitative estimate of drug-likeness (QED) is 0.813. The number of nitrogens with one attached hydrogen (secondary N) is 1. The van der Waals surface area contributed by atoms with Gasteiger partial charge in [0.1, 0.15) is 0 Å². The fourth-order valence-electron chi connectivity index (χ4n) is 3.17. The largest absolute Gasteiger partial charge is 0.309 e. The van der Waals surface area contributed by atoms with Crippen LogP contribution < -0.4 is 5.32 Å². The molecule has 1 aromatic rings. The molecule has 0 amide bonds. The summed E-state index contributed by atoms with van der Waals surface area (Å²) in [4.78, 5) is 0. The normalized spacial score (nSPS) is 23.9. The van der Waals surface area contributed by atoms with Crippen LogP contribution in [-0.2, 0) is 6.54 Å². The average Bonchev–Trinajstić information content (AvgIpc) is 2.26. The van der Waals surface area contributed by atoms with Crippen LogP contribution >= 0.6 is 0 Å². The fourth-order valence-corrected chi connectivity index (χ4v) is 3.17. The Balaban J connectivity index is 2.35. The smallest absolute Gasteiger partial charge is 0.0213 e. The first kappa shape index (κ1) is 12.6. The Morgan fingerprint density at radius 1 is 1.24 bits per heavy atom. The van der Waals surface area contributed by atoms with Crippen molar-refractivity contribution in [3.63, 3.8) is 0 Å². The molecule has 17 heavy (non-hydrogen) atoms. The first-order valence-corrected chi connectivity index (χ1v) is 6.83. The van der Waals surface area contributed by atoms with Crippen molar-refractivity contribution in [1.82, 2.24) is 5.32 Å². The van der Waals surface area contributed by atoms with Gasteiger partial charge in [0, 0.05) is 12.6 Å². The van der Waals surface area contributed by atoms with Crippen molar-refractivity contribution >= 4 is 0 Å². The molecule has 1 heteroatoms. The van der Waals surface area contributed by atoms with E-state index >= 15 is 0 Å². The van der Waals surface area contributed by atoms with E-state index in [1.54, 1.807) is 5.56 Å². The molecule has 94 valence electrons. The molecule has 2 rings (SSSR count). The van der Waals surface area contributed by atoms with Crippen molar-refractivity contribution in [1.29, 1.82) is 0 Å². The summed E-state index contributed by atoms with van der Waals surface area (Å²) in [5, 5.41) is 3.72. The summed E-state index contributed by atoms with van der Waals surface area (Å²) in [6.07, 6.45) is 1.27. The average molecular weight is 231 g/mol. The summed E-state index contributed by atoms with van der Waals surface area (Å²) in [7, 11) is 0. The maximum absolute atomic E-state index is 3.72. The van der Waals surface area contributed by atoms with E-state index < -0.39 is 0 Å². The van der Waals surface area contributed by atoms with Gasteiger partial charge in [-0.05, 0) is 54.4 Å². The standard InChI is InChI=1S/C16H25N/c1-10(2)8-15-13(5)16-12(4)7-6-11(3)14(16)9-17-15/h6-7,10,13,15,17H,8-9H2,1-5H3. The molecule has 0 saturated heterocycles. The molecule has 1 nitrogen and oxygen atoms in total. The summed E-state index contributed by atoms with van der Waals surface area (Å²) in [5.41, 5.74) is 6.05. The molecule has 0 aliphatic carbocycles. The molecule has 1 aromatic carbocycles. The first-order chi connectivity index (χ1) is 8.00. The Kier molecular flexibility index (Phi) is 3.58. The zero-order valence-electron chi connectivity index (χ0n) is 11.8. The zero-order valence-corrected chi connectivity index (χ0v) is 11.8. The molecule has 1 aliphatic rings. The highest BCUT2D eigenvalue weighted by Gasteiger charge is 2.28. The SMILES string of the molecule is Cc1ccc(C)c2c1CNC(CC(C)C)C2C. The Bertz CT molecular complexity index is 406. The van der Waals surface area contributed by atoms with Gasteiger partial charge in [0.2, 0.25) is 0 Å².